The van der Waals surface area contributed by atoms with E-state index in [4.69, 9.17) is 4.52 Å². The van der Waals surface area contributed by atoms with Gasteiger partial charge < -0.3 is 9.84 Å². The summed E-state index contributed by atoms with van der Waals surface area (Å²) in [7, 11) is 1.91. The van der Waals surface area contributed by atoms with Crippen LogP contribution in [0.5, 0.6) is 0 Å². The van der Waals surface area contributed by atoms with Gasteiger partial charge in [0, 0.05) is 37.8 Å². The summed E-state index contributed by atoms with van der Waals surface area (Å²) in [4.78, 5) is 4.26. The molecule has 0 saturated carbocycles. The monoisotopic (exact) mass is 359 g/mol. The predicted molar refractivity (Wildman–Crippen MR) is 105 cm³/mol. The zero-order valence-corrected chi connectivity index (χ0v) is 15.5. The van der Waals surface area contributed by atoms with Gasteiger partial charge in [0.05, 0.1) is 0 Å². The van der Waals surface area contributed by atoms with Gasteiger partial charge in [0.25, 0.3) is 0 Å². The molecule has 0 aliphatic heterocycles. The Balaban J connectivity index is 1.48. The summed E-state index contributed by atoms with van der Waals surface area (Å²) in [6.45, 7) is 3.92. The summed E-state index contributed by atoms with van der Waals surface area (Å²) in [5.41, 5.74) is 4.47. The van der Waals surface area contributed by atoms with E-state index in [0.29, 0.717) is 11.7 Å². The van der Waals surface area contributed by atoms with E-state index in [1.807, 2.05) is 31.4 Å². The van der Waals surface area contributed by atoms with Gasteiger partial charge in [-0.25, -0.2) is 0 Å². The van der Waals surface area contributed by atoms with Gasteiger partial charge in [-0.2, -0.15) is 10.1 Å². The average molecular weight is 359 g/mol. The third-order valence-corrected chi connectivity index (χ3v) is 4.49. The van der Waals surface area contributed by atoms with Crippen LogP contribution in [-0.4, -0.2) is 19.9 Å². The fraction of sp³-hybridized carbons (Fsp3) is 0.190. The normalized spacial score (nSPS) is 12.1. The van der Waals surface area contributed by atoms with Crippen LogP contribution in [0.2, 0.25) is 0 Å². The molecular weight excluding hydrogens is 338 g/mol. The van der Waals surface area contributed by atoms with E-state index in [1.165, 1.54) is 11.1 Å². The van der Waals surface area contributed by atoms with Crippen LogP contribution in [0.15, 0.2) is 65.3 Å². The topological polar surface area (TPSA) is 68.8 Å². The van der Waals surface area contributed by atoms with Crippen molar-refractivity contribution in [3.63, 3.8) is 0 Å². The zero-order chi connectivity index (χ0) is 18.8. The molecule has 2 aromatic heterocycles. The van der Waals surface area contributed by atoms with Crippen LogP contribution in [0.1, 0.15) is 24.4 Å². The first-order chi connectivity index (χ1) is 13.1. The molecule has 136 valence electrons. The van der Waals surface area contributed by atoms with Crippen molar-refractivity contribution in [3.8, 4) is 22.5 Å². The molecule has 27 heavy (non-hydrogen) atoms. The second-order valence-corrected chi connectivity index (χ2v) is 6.58. The Labute approximate surface area is 157 Å². The Hall–Kier alpha value is -3.41. The maximum absolute atomic E-state index is 5.04. The van der Waals surface area contributed by atoms with Crippen LogP contribution in [-0.2, 0) is 7.05 Å². The molecule has 0 saturated heterocycles. The highest BCUT2D eigenvalue weighted by molar-refractivity contribution is 5.67. The molecule has 2 aromatic carbocycles. The van der Waals surface area contributed by atoms with Crippen LogP contribution >= 0.6 is 0 Å². The molecule has 0 spiro atoms. The fourth-order valence-corrected chi connectivity index (χ4v) is 2.99. The van der Waals surface area contributed by atoms with E-state index >= 15 is 0 Å². The van der Waals surface area contributed by atoms with Crippen molar-refractivity contribution in [2.24, 2.45) is 7.05 Å². The molecule has 1 N–H and O–H groups in total. The summed E-state index contributed by atoms with van der Waals surface area (Å²) >= 11 is 0. The fourth-order valence-electron chi connectivity index (χ4n) is 2.99. The van der Waals surface area contributed by atoms with E-state index in [2.05, 4.69) is 63.9 Å². The second kappa shape index (κ2) is 7.07. The van der Waals surface area contributed by atoms with Crippen molar-refractivity contribution in [2.75, 3.05) is 5.32 Å². The molecule has 0 aliphatic carbocycles. The third kappa shape index (κ3) is 3.74. The molecule has 0 bridgehead atoms. The quantitative estimate of drug-likeness (QED) is 0.563. The van der Waals surface area contributed by atoms with Gasteiger partial charge in [0.1, 0.15) is 5.82 Å². The molecule has 1 unspecified atom stereocenters. The zero-order valence-electron chi connectivity index (χ0n) is 15.5. The van der Waals surface area contributed by atoms with Gasteiger partial charge in [-0.3, -0.25) is 4.68 Å². The van der Waals surface area contributed by atoms with Crippen molar-refractivity contribution < 1.29 is 4.52 Å². The van der Waals surface area contributed by atoms with Crippen molar-refractivity contribution in [2.45, 2.75) is 19.9 Å². The van der Waals surface area contributed by atoms with E-state index in [1.54, 1.807) is 11.6 Å². The summed E-state index contributed by atoms with van der Waals surface area (Å²) in [6, 6.07) is 18.9. The van der Waals surface area contributed by atoms with E-state index in [0.717, 1.165) is 16.9 Å². The predicted octanol–water partition coefficient (Wildman–Crippen LogP) is 4.62. The first-order valence-corrected chi connectivity index (χ1v) is 8.86. The molecule has 6 heteroatoms. The van der Waals surface area contributed by atoms with Gasteiger partial charge in [0.15, 0.2) is 0 Å². The SMILES string of the molecule is Cc1nc(-c2ccc(-c3ccc(C(C)Nc4ccn(C)n4)cc3)cc2)no1. The average Bonchev–Trinajstić information content (AvgIpc) is 3.30. The molecule has 0 amide bonds. The lowest BCUT2D eigenvalue weighted by Gasteiger charge is -2.14. The van der Waals surface area contributed by atoms with Gasteiger partial charge in [-0.15, -0.1) is 0 Å². The van der Waals surface area contributed by atoms with Crippen LogP contribution in [0.4, 0.5) is 5.82 Å². The molecule has 4 rings (SSSR count). The molecule has 1 atom stereocenters. The lowest BCUT2D eigenvalue weighted by Crippen LogP contribution is -2.07. The number of nitrogens with one attached hydrogen (secondary N) is 1. The number of nitrogens with zero attached hydrogens (tertiary/aromatic N) is 4. The molecule has 4 aromatic rings. The smallest absolute Gasteiger partial charge is 0.223 e. The first-order valence-electron chi connectivity index (χ1n) is 8.86. The largest absolute Gasteiger partial charge is 0.362 e. The highest BCUT2D eigenvalue weighted by Crippen LogP contribution is 2.26. The molecule has 0 aliphatic rings. The lowest BCUT2D eigenvalue weighted by atomic mass is 10.0. The Kier molecular flexibility index (Phi) is 4.46. The Morgan fingerprint density at radius 3 is 2.11 bits per heavy atom. The standard InChI is InChI=1S/C21H21N5O/c1-14(22-20-12-13-26(3)24-20)16-4-6-17(7-5-16)18-8-10-19(11-9-18)21-23-15(2)27-25-21/h4-14H,1-3H3,(H,22,24). The summed E-state index contributed by atoms with van der Waals surface area (Å²) in [5, 5.41) is 11.7. The van der Waals surface area contributed by atoms with Crippen LogP contribution in [0.25, 0.3) is 22.5 Å². The lowest BCUT2D eigenvalue weighted by molar-refractivity contribution is 0.394. The van der Waals surface area contributed by atoms with E-state index in [9.17, 15) is 0 Å². The van der Waals surface area contributed by atoms with Crippen molar-refractivity contribution in [1.82, 2.24) is 19.9 Å². The number of aryl methyl sites for hydroxylation is 2. The number of rotatable bonds is 5. The van der Waals surface area contributed by atoms with Crippen molar-refractivity contribution >= 4 is 5.82 Å². The minimum absolute atomic E-state index is 0.179. The second-order valence-electron chi connectivity index (χ2n) is 6.58. The summed E-state index contributed by atoms with van der Waals surface area (Å²) in [6.07, 6.45) is 1.93. The van der Waals surface area contributed by atoms with E-state index < -0.39 is 0 Å². The number of anilines is 1. The van der Waals surface area contributed by atoms with Gasteiger partial charge >= 0.3 is 0 Å². The number of aromatic nitrogens is 4. The number of benzene rings is 2. The first kappa shape index (κ1) is 17.0. The summed E-state index contributed by atoms with van der Waals surface area (Å²) < 4.78 is 6.83. The Morgan fingerprint density at radius 2 is 1.56 bits per heavy atom. The Morgan fingerprint density at radius 1 is 0.926 bits per heavy atom. The van der Waals surface area contributed by atoms with Crippen LogP contribution < -0.4 is 5.32 Å². The molecule has 0 radical (unpaired) electrons. The molecule has 0 fully saturated rings. The molecule has 2 heterocycles. The highest BCUT2D eigenvalue weighted by Gasteiger charge is 2.09. The maximum Gasteiger partial charge on any atom is 0.223 e. The Bertz CT molecular complexity index is 1030. The van der Waals surface area contributed by atoms with Gasteiger partial charge in [-0.05, 0) is 23.6 Å². The number of hydrogen-bond donors (Lipinski definition) is 1. The molecular formula is C21H21N5O. The maximum atomic E-state index is 5.04. The minimum atomic E-state index is 0.179. The highest BCUT2D eigenvalue weighted by atomic mass is 16.5. The van der Waals surface area contributed by atoms with Crippen molar-refractivity contribution in [3.05, 3.63) is 72.2 Å². The third-order valence-electron chi connectivity index (χ3n) is 4.49. The molecule has 6 nitrogen and oxygen atoms in total. The summed E-state index contributed by atoms with van der Waals surface area (Å²) in [5.74, 6) is 2.06. The van der Waals surface area contributed by atoms with E-state index in [-0.39, 0.29) is 6.04 Å². The van der Waals surface area contributed by atoms with Crippen molar-refractivity contribution in [1.29, 1.82) is 0 Å². The minimum Gasteiger partial charge on any atom is -0.362 e. The van der Waals surface area contributed by atoms with Crippen LogP contribution in [0.3, 0.4) is 0 Å². The van der Waals surface area contributed by atoms with Gasteiger partial charge in [0.2, 0.25) is 11.7 Å². The van der Waals surface area contributed by atoms with Crippen LogP contribution in [0, 0.1) is 6.92 Å². The van der Waals surface area contributed by atoms with Gasteiger partial charge in [-0.1, -0.05) is 53.7 Å². The number of hydrogen-bond acceptors (Lipinski definition) is 5.